The number of nitrogens with zero attached hydrogens (tertiary/aromatic N) is 2. The van der Waals surface area contributed by atoms with Crippen LogP contribution in [0.5, 0.6) is 0 Å². The molecule has 0 atom stereocenters. The van der Waals surface area contributed by atoms with Gasteiger partial charge in [0.05, 0.1) is 0 Å². The molecule has 0 bridgehead atoms. The van der Waals surface area contributed by atoms with Crippen LogP contribution in [0.15, 0.2) is 36.7 Å². The number of benzene rings is 1. The average Bonchev–Trinajstić information content (AvgIpc) is 2.38. The van der Waals surface area contributed by atoms with Gasteiger partial charge in [-0.15, -0.1) is 0 Å². The highest BCUT2D eigenvalue weighted by Crippen LogP contribution is 2.20. The Morgan fingerprint density at radius 1 is 1.26 bits per heavy atom. The number of anilines is 3. The van der Waals surface area contributed by atoms with E-state index in [4.69, 9.17) is 5.11 Å². The van der Waals surface area contributed by atoms with Crippen LogP contribution >= 0.6 is 0 Å². The van der Waals surface area contributed by atoms with Gasteiger partial charge in [0.25, 0.3) is 0 Å². The van der Waals surface area contributed by atoms with E-state index < -0.39 is 5.97 Å². The van der Waals surface area contributed by atoms with Gasteiger partial charge in [0.15, 0.2) is 11.6 Å². The van der Waals surface area contributed by atoms with Gasteiger partial charge in [0.1, 0.15) is 12.4 Å². The van der Waals surface area contributed by atoms with Crippen molar-refractivity contribution in [2.24, 2.45) is 0 Å². The summed E-state index contributed by atoms with van der Waals surface area (Å²) in [6.07, 6.45) is 2.88. The van der Waals surface area contributed by atoms with Gasteiger partial charge >= 0.3 is 5.97 Å². The lowest BCUT2D eigenvalue weighted by Gasteiger charge is -2.10. The van der Waals surface area contributed by atoms with E-state index >= 15 is 0 Å². The van der Waals surface area contributed by atoms with Crippen LogP contribution in [0.3, 0.4) is 0 Å². The van der Waals surface area contributed by atoms with Crippen molar-refractivity contribution in [2.75, 3.05) is 17.2 Å². The highest BCUT2D eigenvalue weighted by atomic mass is 19.1. The van der Waals surface area contributed by atoms with Gasteiger partial charge in [-0.05, 0) is 18.2 Å². The molecule has 0 aliphatic heterocycles. The Bertz CT molecular complexity index is 591. The van der Waals surface area contributed by atoms with E-state index in [0.717, 1.165) is 0 Å². The minimum absolute atomic E-state index is 0.281. The maximum Gasteiger partial charge on any atom is 0.322 e. The quantitative estimate of drug-likeness (QED) is 0.762. The molecule has 2 aromatic rings. The smallest absolute Gasteiger partial charge is 0.322 e. The highest BCUT2D eigenvalue weighted by molar-refractivity contribution is 5.75. The lowest BCUT2D eigenvalue weighted by Crippen LogP contribution is -2.14. The van der Waals surface area contributed by atoms with Crippen molar-refractivity contribution in [3.63, 3.8) is 0 Å². The van der Waals surface area contributed by atoms with Crippen molar-refractivity contribution >= 4 is 23.3 Å². The maximum atomic E-state index is 13.1. The predicted octanol–water partition coefficient (Wildman–Crippen LogP) is 1.86. The van der Waals surface area contributed by atoms with E-state index in [0.29, 0.717) is 11.5 Å². The second-order valence-electron chi connectivity index (χ2n) is 3.64. The van der Waals surface area contributed by atoms with E-state index in [1.807, 2.05) is 0 Å². The molecule has 2 rings (SSSR count). The summed E-state index contributed by atoms with van der Waals surface area (Å²) in [5.74, 6) is -0.778. The fourth-order valence-electron chi connectivity index (χ4n) is 1.42. The van der Waals surface area contributed by atoms with E-state index in [9.17, 15) is 9.18 Å². The summed E-state index contributed by atoms with van der Waals surface area (Å²) in [4.78, 5) is 18.5. The van der Waals surface area contributed by atoms with Crippen molar-refractivity contribution < 1.29 is 14.3 Å². The minimum atomic E-state index is -1.01. The first kappa shape index (κ1) is 12.7. The zero-order valence-electron chi connectivity index (χ0n) is 9.80. The molecule has 1 aromatic carbocycles. The molecule has 0 saturated heterocycles. The van der Waals surface area contributed by atoms with E-state index in [1.165, 1.54) is 24.5 Å². The molecular weight excluding hydrogens is 251 g/mol. The van der Waals surface area contributed by atoms with Crippen LogP contribution in [-0.4, -0.2) is 27.6 Å². The molecule has 3 N–H and O–H groups in total. The summed E-state index contributed by atoms with van der Waals surface area (Å²) in [5, 5.41) is 14.1. The van der Waals surface area contributed by atoms with Crippen LogP contribution in [0, 0.1) is 5.82 Å². The van der Waals surface area contributed by atoms with Gasteiger partial charge in [-0.3, -0.25) is 4.79 Å². The number of halogens is 1. The van der Waals surface area contributed by atoms with E-state index in [-0.39, 0.29) is 18.2 Å². The molecule has 6 nitrogen and oxygen atoms in total. The summed E-state index contributed by atoms with van der Waals surface area (Å²) in [6.45, 7) is -0.281. The summed E-state index contributed by atoms with van der Waals surface area (Å²) >= 11 is 0. The Hall–Kier alpha value is -2.70. The molecule has 7 heteroatoms. The molecular formula is C12H11FN4O2. The number of aliphatic carboxylic acids is 1. The molecule has 19 heavy (non-hydrogen) atoms. The Balaban J connectivity index is 2.17. The normalized spacial score (nSPS) is 9.95. The lowest BCUT2D eigenvalue weighted by molar-refractivity contribution is -0.134. The Labute approximate surface area is 108 Å². The summed E-state index contributed by atoms with van der Waals surface area (Å²) < 4.78 is 13.1. The number of carbonyl (C=O) groups is 1. The second-order valence-corrected chi connectivity index (χ2v) is 3.64. The SMILES string of the molecule is O=C(O)CNc1nccnc1Nc1cccc(F)c1. The largest absolute Gasteiger partial charge is 0.480 e. The van der Waals surface area contributed by atoms with Crippen LogP contribution in [0.2, 0.25) is 0 Å². The fraction of sp³-hybridized carbons (Fsp3) is 0.0833. The number of nitrogens with one attached hydrogen (secondary N) is 2. The molecule has 0 radical (unpaired) electrons. The molecule has 0 spiro atoms. The molecule has 0 aliphatic carbocycles. The predicted molar refractivity (Wildman–Crippen MR) is 67.8 cm³/mol. The Morgan fingerprint density at radius 2 is 2.00 bits per heavy atom. The third kappa shape index (κ3) is 3.63. The summed E-state index contributed by atoms with van der Waals surface area (Å²) in [7, 11) is 0. The molecule has 0 amide bonds. The summed E-state index contributed by atoms with van der Waals surface area (Å²) in [5.41, 5.74) is 0.499. The van der Waals surface area contributed by atoms with Gasteiger partial charge in [-0.25, -0.2) is 14.4 Å². The topological polar surface area (TPSA) is 87.1 Å². The molecule has 0 unspecified atom stereocenters. The van der Waals surface area contributed by atoms with E-state index in [1.54, 1.807) is 12.1 Å². The van der Waals surface area contributed by atoms with E-state index in [2.05, 4.69) is 20.6 Å². The molecule has 98 valence electrons. The van der Waals surface area contributed by atoms with Crippen molar-refractivity contribution in [1.82, 2.24) is 9.97 Å². The monoisotopic (exact) mass is 262 g/mol. The standard InChI is InChI=1S/C12H11FN4O2/c13-8-2-1-3-9(6-8)17-12-11(14-4-5-15-12)16-7-10(18)19/h1-6H,7H2,(H,14,16)(H,15,17)(H,18,19). The van der Waals surface area contributed by atoms with Crippen LogP contribution in [0.4, 0.5) is 21.7 Å². The molecule has 0 saturated carbocycles. The minimum Gasteiger partial charge on any atom is -0.480 e. The van der Waals surface area contributed by atoms with Gasteiger partial charge in [-0.2, -0.15) is 0 Å². The average molecular weight is 262 g/mol. The molecule has 0 aliphatic rings. The van der Waals surface area contributed by atoms with Gasteiger partial charge in [0.2, 0.25) is 0 Å². The van der Waals surface area contributed by atoms with Crippen LogP contribution in [-0.2, 0) is 4.79 Å². The van der Waals surface area contributed by atoms with Crippen LogP contribution < -0.4 is 10.6 Å². The number of rotatable bonds is 5. The fourth-order valence-corrected chi connectivity index (χ4v) is 1.42. The lowest BCUT2D eigenvalue weighted by atomic mass is 10.3. The zero-order chi connectivity index (χ0) is 13.7. The van der Waals surface area contributed by atoms with Crippen molar-refractivity contribution in [1.29, 1.82) is 0 Å². The zero-order valence-corrected chi connectivity index (χ0v) is 9.80. The van der Waals surface area contributed by atoms with Gasteiger partial charge in [-0.1, -0.05) is 6.07 Å². The third-order valence-electron chi connectivity index (χ3n) is 2.19. The second kappa shape index (κ2) is 5.76. The van der Waals surface area contributed by atoms with Crippen molar-refractivity contribution in [2.45, 2.75) is 0 Å². The first-order chi connectivity index (χ1) is 9.15. The molecule has 1 aromatic heterocycles. The Morgan fingerprint density at radius 3 is 2.68 bits per heavy atom. The number of hydrogen-bond donors (Lipinski definition) is 3. The maximum absolute atomic E-state index is 13.1. The third-order valence-corrected chi connectivity index (χ3v) is 2.19. The summed E-state index contributed by atoms with van der Waals surface area (Å²) in [6, 6.07) is 5.85. The first-order valence-corrected chi connectivity index (χ1v) is 5.44. The Kier molecular flexibility index (Phi) is 3.87. The van der Waals surface area contributed by atoms with Crippen molar-refractivity contribution in [3.8, 4) is 0 Å². The van der Waals surface area contributed by atoms with Gasteiger partial charge < -0.3 is 15.7 Å². The molecule has 1 heterocycles. The first-order valence-electron chi connectivity index (χ1n) is 5.44. The highest BCUT2D eigenvalue weighted by Gasteiger charge is 2.07. The number of hydrogen-bond acceptors (Lipinski definition) is 5. The van der Waals surface area contributed by atoms with Crippen molar-refractivity contribution in [3.05, 3.63) is 42.5 Å². The molecule has 0 fully saturated rings. The van der Waals surface area contributed by atoms with Crippen LogP contribution in [0.25, 0.3) is 0 Å². The number of carboxylic acids is 1. The number of carboxylic acid groups (broad SMARTS) is 1. The van der Waals surface area contributed by atoms with Gasteiger partial charge in [0, 0.05) is 18.1 Å². The van der Waals surface area contributed by atoms with Crippen LogP contribution in [0.1, 0.15) is 0 Å². The number of aromatic nitrogens is 2.